The van der Waals surface area contributed by atoms with Gasteiger partial charge in [0.05, 0.1) is 24.3 Å². The van der Waals surface area contributed by atoms with E-state index in [0.29, 0.717) is 12.1 Å². The van der Waals surface area contributed by atoms with Crippen LogP contribution in [0.15, 0.2) is 71.7 Å². The number of carbonyl (C=O) groups is 1. The molecule has 5 aromatic rings. The van der Waals surface area contributed by atoms with E-state index in [1.807, 2.05) is 30.3 Å². The van der Waals surface area contributed by atoms with Crippen LogP contribution in [0.25, 0.3) is 16.5 Å². The zero-order valence-electron chi connectivity index (χ0n) is 26.1. The number of nitrogens with zero attached hydrogens (tertiary/aromatic N) is 4. The molecule has 0 aliphatic carbocycles. The standard InChI is InChI=1S/C33H30F5N5O6/c1-3-42-27(18-47-17-20-7-5-4-6-8-20)41-43(32(42)46)23-13-21-9-10-40-31(28(21)26(16-23)48-19(2)33(36,37)38)49-29-24(34)14-22(15-25(29)35)30(45)39-11-12-44/h4-10,13-16,19,44H,3,11-12,17-18H2,1-2H3,(H,39,45). The summed E-state index contributed by atoms with van der Waals surface area (Å²) in [5.41, 5.74) is -0.0941. The number of aromatic nitrogens is 4. The SMILES string of the molecule is CCn1c(COCc2ccccc2)nn(-c2cc(OC(C)C(F)(F)F)c3c(Oc4c(F)cc(C(=O)NCCO)cc4F)nccc3c2)c1=O. The minimum Gasteiger partial charge on any atom is -0.480 e. The maximum atomic E-state index is 15.1. The highest BCUT2D eigenvalue weighted by atomic mass is 19.4. The number of alkyl halides is 3. The fourth-order valence-corrected chi connectivity index (χ4v) is 4.80. The van der Waals surface area contributed by atoms with Crippen LogP contribution in [0.1, 0.15) is 35.6 Å². The third-order valence-corrected chi connectivity index (χ3v) is 7.24. The van der Waals surface area contributed by atoms with Gasteiger partial charge in [-0.1, -0.05) is 30.3 Å². The molecule has 1 atom stereocenters. The molecule has 1 unspecified atom stereocenters. The van der Waals surface area contributed by atoms with Crippen LogP contribution in [0.3, 0.4) is 0 Å². The lowest BCUT2D eigenvalue weighted by atomic mass is 10.1. The number of nitrogens with one attached hydrogen (secondary N) is 1. The van der Waals surface area contributed by atoms with Gasteiger partial charge in [-0.05, 0) is 49.1 Å². The Morgan fingerprint density at radius 2 is 1.76 bits per heavy atom. The van der Waals surface area contributed by atoms with Crippen LogP contribution >= 0.6 is 0 Å². The van der Waals surface area contributed by atoms with Gasteiger partial charge < -0.3 is 24.6 Å². The van der Waals surface area contributed by atoms with E-state index in [9.17, 15) is 22.8 Å². The molecule has 1 amide bonds. The fourth-order valence-electron chi connectivity index (χ4n) is 4.80. The second-order valence-electron chi connectivity index (χ2n) is 10.6. The van der Waals surface area contributed by atoms with Gasteiger partial charge in [-0.15, -0.1) is 5.10 Å². The molecule has 2 heterocycles. The predicted molar refractivity (Wildman–Crippen MR) is 166 cm³/mol. The molecule has 2 aromatic heterocycles. The smallest absolute Gasteiger partial charge is 0.425 e. The number of hydrogen-bond acceptors (Lipinski definition) is 8. The van der Waals surface area contributed by atoms with Crippen LogP contribution in [0, 0.1) is 11.6 Å². The summed E-state index contributed by atoms with van der Waals surface area (Å²) in [6, 6.07) is 14.6. The predicted octanol–water partition coefficient (Wildman–Crippen LogP) is 5.44. The number of halogens is 5. The maximum Gasteiger partial charge on any atom is 0.425 e. The van der Waals surface area contributed by atoms with Crippen LogP contribution in [0.4, 0.5) is 22.0 Å². The van der Waals surface area contributed by atoms with Crippen molar-refractivity contribution in [2.24, 2.45) is 0 Å². The van der Waals surface area contributed by atoms with Gasteiger partial charge in [0.25, 0.3) is 5.91 Å². The molecular weight excluding hydrogens is 657 g/mol. The van der Waals surface area contributed by atoms with Crippen LogP contribution in [0.5, 0.6) is 17.4 Å². The molecule has 0 radical (unpaired) electrons. The Balaban J connectivity index is 1.56. The average Bonchev–Trinajstić information content (AvgIpc) is 3.39. The molecule has 0 aliphatic rings. The number of benzene rings is 3. The molecule has 0 saturated carbocycles. The number of ether oxygens (including phenoxy) is 3. The van der Waals surface area contributed by atoms with Crippen LogP contribution in [-0.4, -0.2) is 55.8 Å². The van der Waals surface area contributed by atoms with Gasteiger partial charge in [0.2, 0.25) is 11.6 Å². The highest BCUT2D eigenvalue weighted by Gasteiger charge is 2.38. The van der Waals surface area contributed by atoms with Crippen LogP contribution in [0.2, 0.25) is 0 Å². The molecule has 2 N–H and O–H groups in total. The average molecular weight is 688 g/mol. The number of aliphatic hydroxyl groups is 1. The van der Waals surface area contributed by atoms with Crippen molar-refractivity contribution in [3.63, 3.8) is 0 Å². The van der Waals surface area contributed by atoms with E-state index in [4.69, 9.17) is 19.3 Å². The van der Waals surface area contributed by atoms with E-state index in [-0.39, 0.29) is 48.6 Å². The monoisotopic (exact) mass is 687 g/mol. The van der Waals surface area contributed by atoms with E-state index < -0.39 is 65.1 Å². The molecule has 0 spiro atoms. The molecule has 16 heteroatoms. The summed E-state index contributed by atoms with van der Waals surface area (Å²) in [7, 11) is 0. The quantitative estimate of drug-likeness (QED) is 0.157. The van der Waals surface area contributed by atoms with Crippen molar-refractivity contribution >= 4 is 16.7 Å². The van der Waals surface area contributed by atoms with Crippen LogP contribution < -0.4 is 20.5 Å². The van der Waals surface area contributed by atoms with Crippen molar-refractivity contribution in [2.45, 2.75) is 45.9 Å². The Morgan fingerprint density at radius 3 is 2.41 bits per heavy atom. The van der Waals surface area contributed by atoms with Gasteiger partial charge in [0.1, 0.15) is 12.4 Å². The van der Waals surface area contributed by atoms with Crippen LogP contribution in [-0.2, 0) is 24.5 Å². The van der Waals surface area contributed by atoms with E-state index in [0.717, 1.165) is 23.2 Å². The lowest BCUT2D eigenvalue weighted by molar-refractivity contribution is -0.189. The summed E-state index contributed by atoms with van der Waals surface area (Å²) in [4.78, 5) is 29.6. The van der Waals surface area contributed by atoms with Gasteiger partial charge in [0, 0.05) is 30.9 Å². The summed E-state index contributed by atoms with van der Waals surface area (Å²) in [6.45, 7) is 2.33. The molecule has 0 saturated heterocycles. The zero-order valence-corrected chi connectivity index (χ0v) is 26.1. The zero-order chi connectivity index (χ0) is 35.3. The van der Waals surface area contributed by atoms with Gasteiger partial charge >= 0.3 is 11.9 Å². The second kappa shape index (κ2) is 14.8. The lowest BCUT2D eigenvalue weighted by Gasteiger charge is -2.20. The van der Waals surface area contributed by atoms with Crippen molar-refractivity contribution < 1.29 is 46.1 Å². The highest BCUT2D eigenvalue weighted by Crippen LogP contribution is 2.40. The molecule has 258 valence electrons. The Bertz CT molecular complexity index is 1990. The number of aliphatic hydroxyl groups excluding tert-OH is 1. The minimum atomic E-state index is -4.82. The molecule has 49 heavy (non-hydrogen) atoms. The third kappa shape index (κ3) is 7.87. The number of rotatable bonds is 13. The van der Waals surface area contributed by atoms with Crippen molar-refractivity contribution in [1.29, 1.82) is 0 Å². The topological polar surface area (TPSA) is 130 Å². The number of pyridine rings is 1. The first-order valence-electron chi connectivity index (χ1n) is 14.9. The molecule has 5 rings (SSSR count). The summed E-state index contributed by atoms with van der Waals surface area (Å²) in [5, 5.41) is 15.5. The summed E-state index contributed by atoms with van der Waals surface area (Å²) in [6.07, 6.45) is -6.00. The molecule has 3 aromatic carbocycles. The third-order valence-electron chi connectivity index (χ3n) is 7.24. The van der Waals surface area contributed by atoms with E-state index in [2.05, 4.69) is 15.4 Å². The Hall–Kier alpha value is -5.35. The van der Waals surface area contributed by atoms with Gasteiger partial charge in [-0.3, -0.25) is 9.36 Å². The normalized spacial score (nSPS) is 12.2. The van der Waals surface area contributed by atoms with Gasteiger partial charge in [-0.2, -0.15) is 17.9 Å². The highest BCUT2D eigenvalue weighted by molar-refractivity contribution is 5.95. The van der Waals surface area contributed by atoms with Gasteiger partial charge in [-0.25, -0.2) is 18.6 Å². The molecule has 0 aliphatic heterocycles. The van der Waals surface area contributed by atoms with Crippen molar-refractivity contribution in [1.82, 2.24) is 24.6 Å². The first-order chi connectivity index (χ1) is 23.4. The number of carbonyl (C=O) groups excluding carboxylic acids is 1. The summed E-state index contributed by atoms with van der Waals surface area (Å²) >= 11 is 0. The molecule has 11 nitrogen and oxygen atoms in total. The minimum absolute atomic E-state index is 0.0196. The first kappa shape index (κ1) is 35.0. The number of amides is 1. The second-order valence-corrected chi connectivity index (χ2v) is 10.6. The lowest BCUT2D eigenvalue weighted by Crippen LogP contribution is -2.31. The summed E-state index contributed by atoms with van der Waals surface area (Å²) in [5.74, 6) is -5.21. The Kier molecular flexibility index (Phi) is 10.6. The van der Waals surface area contributed by atoms with Crippen molar-refractivity contribution in [2.75, 3.05) is 13.2 Å². The maximum absolute atomic E-state index is 15.1. The summed E-state index contributed by atoms with van der Waals surface area (Å²) < 4.78 is 90.1. The van der Waals surface area contributed by atoms with Crippen molar-refractivity contribution in [3.8, 4) is 23.1 Å². The first-order valence-corrected chi connectivity index (χ1v) is 14.9. The Labute approximate surface area is 275 Å². The van der Waals surface area contributed by atoms with Crippen molar-refractivity contribution in [3.05, 3.63) is 106 Å². The molecule has 0 bridgehead atoms. The van der Waals surface area contributed by atoms with E-state index in [1.165, 1.54) is 22.9 Å². The molecular formula is C33H30F5N5O6. The Morgan fingerprint density at radius 1 is 1.04 bits per heavy atom. The van der Waals surface area contributed by atoms with E-state index >= 15 is 8.78 Å². The van der Waals surface area contributed by atoms with E-state index in [1.54, 1.807) is 6.92 Å². The largest absolute Gasteiger partial charge is 0.480 e. The number of fused-ring (bicyclic) bond motifs is 1. The van der Waals surface area contributed by atoms with Gasteiger partial charge in [0.15, 0.2) is 23.6 Å². The fraction of sp³-hybridized carbons (Fsp3) is 0.273. The number of hydrogen-bond donors (Lipinski definition) is 2. The molecule has 0 fully saturated rings.